The smallest absolute Gasteiger partial charge is 0.341 e. The number of allylic oxidation sites excluding steroid dienone is 1. The van der Waals surface area contributed by atoms with Crippen LogP contribution in [0.2, 0.25) is 0 Å². The Balaban J connectivity index is 0. The average Bonchev–Trinajstić information content (AvgIpc) is 2.21. The molecular formula is C11H22N2O2. The summed E-state index contributed by atoms with van der Waals surface area (Å²) in [5.74, 6) is -0.417. The first-order valence-electron chi connectivity index (χ1n) is 5.26. The van der Waals surface area contributed by atoms with E-state index in [1.54, 1.807) is 13.8 Å². The van der Waals surface area contributed by atoms with E-state index in [1.165, 1.54) is 6.21 Å². The fraction of sp³-hybridized carbons (Fsp3) is 0.636. The van der Waals surface area contributed by atoms with Crippen molar-refractivity contribution in [1.82, 2.24) is 0 Å². The summed E-state index contributed by atoms with van der Waals surface area (Å²) in [5.41, 5.74) is 6.26. The van der Waals surface area contributed by atoms with Crippen LogP contribution in [0.5, 0.6) is 0 Å². The number of rotatable bonds is 4. The van der Waals surface area contributed by atoms with Crippen LogP contribution in [-0.2, 0) is 9.53 Å². The second-order valence-electron chi connectivity index (χ2n) is 2.45. The zero-order chi connectivity index (χ0) is 12.3. The van der Waals surface area contributed by atoms with Gasteiger partial charge in [-0.25, -0.2) is 4.79 Å². The summed E-state index contributed by atoms with van der Waals surface area (Å²) in [6.07, 6.45) is 1.45. The molecule has 0 aromatic carbocycles. The minimum Gasteiger partial charge on any atom is -0.462 e. The molecule has 0 aliphatic rings. The molecule has 2 N–H and O–H groups in total. The molecule has 0 spiro atoms. The fourth-order valence-corrected chi connectivity index (χ4v) is 0.707. The van der Waals surface area contributed by atoms with Crippen LogP contribution in [-0.4, -0.2) is 25.3 Å². The van der Waals surface area contributed by atoms with Gasteiger partial charge in [-0.2, -0.15) is 0 Å². The molecular weight excluding hydrogens is 192 g/mol. The first-order chi connectivity index (χ1) is 7.13. The molecule has 4 nitrogen and oxygen atoms in total. The predicted octanol–water partition coefficient (Wildman–Crippen LogP) is 1.90. The van der Waals surface area contributed by atoms with Crippen LogP contribution in [0, 0.1) is 0 Å². The quantitative estimate of drug-likeness (QED) is 0.441. The summed E-state index contributed by atoms with van der Waals surface area (Å²) >= 11 is 0. The Bertz CT molecular complexity index is 229. The van der Waals surface area contributed by atoms with Gasteiger partial charge in [-0.1, -0.05) is 13.8 Å². The van der Waals surface area contributed by atoms with Gasteiger partial charge < -0.3 is 10.5 Å². The molecule has 0 atom stereocenters. The van der Waals surface area contributed by atoms with E-state index in [0.717, 1.165) is 0 Å². The van der Waals surface area contributed by atoms with Crippen molar-refractivity contribution in [2.24, 2.45) is 10.7 Å². The summed E-state index contributed by atoms with van der Waals surface area (Å²) in [4.78, 5) is 15.2. The lowest BCUT2D eigenvalue weighted by Gasteiger charge is -2.03. The second-order valence-corrected chi connectivity index (χ2v) is 2.45. The molecule has 0 aliphatic heterocycles. The monoisotopic (exact) mass is 214 g/mol. The van der Waals surface area contributed by atoms with E-state index in [4.69, 9.17) is 10.5 Å². The van der Waals surface area contributed by atoms with Crippen LogP contribution in [0.4, 0.5) is 0 Å². The van der Waals surface area contributed by atoms with Gasteiger partial charge in [0.25, 0.3) is 0 Å². The minimum atomic E-state index is -0.417. The van der Waals surface area contributed by atoms with Crippen LogP contribution in [0.1, 0.15) is 34.6 Å². The van der Waals surface area contributed by atoms with Gasteiger partial charge in [0.15, 0.2) is 0 Å². The summed E-state index contributed by atoms with van der Waals surface area (Å²) < 4.78 is 4.79. The van der Waals surface area contributed by atoms with Crippen molar-refractivity contribution in [3.8, 4) is 0 Å². The van der Waals surface area contributed by atoms with Crippen LogP contribution in [0.3, 0.4) is 0 Å². The third-order valence-electron chi connectivity index (χ3n) is 1.32. The first kappa shape index (κ1) is 16.1. The molecule has 0 amide bonds. The van der Waals surface area contributed by atoms with Crippen molar-refractivity contribution < 1.29 is 9.53 Å². The van der Waals surface area contributed by atoms with E-state index in [9.17, 15) is 4.79 Å². The highest BCUT2D eigenvalue weighted by atomic mass is 16.5. The lowest BCUT2D eigenvalue weighted by atomic mass is 10.2. The molecule has 15 heavy (non-hydrogen) atoms. The Hall–Kier alpha value is -1.32. The predicted molar refractivity (Wildman–Crippen MR) is 63.9 cm³/mol. The Morgan fingerprint density at radius 1 is 1.40 bits per heavy atom. The van der Waals surface area contributed by atoms with Gasteiger partial charge in [0.1, 0.15) is 0 Å². The second kappa shape index (κ2) is 10.8. The summed E-state index contributed by atoms with van der Waals surface area (Å²) in [5, 5.41) is 0. The normalized spacial score (nSPS) is 11.5. The SMILES string of the molecule is CC.CCN=C/C(C(=O)OCC)=C(/C)N. The van der Waals surface area contributed by atoms with E-state index in [-0.39, 0.29) is 0 Å². The first-order valence-corrected chi connectivity index (χ1v) is 5.26. The highest BCUT2D eigenvalue weighted by Crippen LogP contribution is 1.99. The number of carbonyl (C=O) groups excluding carboxylic acids is 1. The molecule has 0 radical (unpaired) electrons. The van der Waals surface area contributed by atoms with Crippen molar-refractivity contribution in [2.45, 2.75) is 34.6 Å². The average molecular weight is 214 g/mol. The molecule has 0 saturated heterocycles. The summed E-state index contributed by atoms with van der Waals surface area (Å²) in [7, 11) is 0. The molecule has 0 saturated carbocycles. The van der Waals surface area contributed by atoms with Gasteiger partial charge in [0.05, 0.1) is 12.2 Å². The zero-order valence-electron chi connectivity index (χ0n) is 10.3. The van der Waals surface area contributed by atoms with Gasteiger partial charge in [0, 0.05) is 18.5 Å². The lowest BCUT2D eigenvalue weighted by molar-refractivity contribution is -0.137. The Labute approximate surface area is 92.2 Å². The van der Waals surface area contributed by atoms with Crippen molar-refractivity contribution >= 4 is 12.2 Å². The zero-order valence-corrected chi connectivity index (χ0v) is 10.3. The van der Waals surface area contributed by atoms with Crippen LogP contribution >= 0.6 is 0 Å². The van der Waals surface area contributed by atoms with Gasteiger partial charge in [-0.3, -0.25) is 4.99 Å². The number of ether oxygens (including phenoxy) is 1. The van der Waals surface area contributed by atoms with Crippen LogP contribution in [0.15, 0.2) is 16.3 Å². The number of hydrogen-bond donors (Lipinski definition) is 1. The third kappa shape index (κ3) is 7.73. The van der Waals surface area contributed by atoms with Gasteiger partial charge >= 0.3 is 5.97 Å². The van der Waals surface area contributed by atoms with Crippen LogP contribution < -0.4 is 5.73 Å². The van der Waals surface area contributed by atoms with Crippen molar-refractivity contribution in [3.63, 3.8) is 0 Å². The van der Waals surface area contributed by atoms with E-state index < -0.39 is 5.97 Å². The highest BCUT2D eigenvalue weighted by molar-refractivity contribution is 6.10. The largest absolute Gasteiger partial charge is 0.462 e. The van der Waals surface area contributed by atoms with Crippen molar-refractivity contribution in [1.29, 1.82) is 0 Å². The Morgan fingerprint density at radius 3 is 2.27 bits per heavy atom. The van der Waals surface area contributed by atoms with E-state index in [2.05, 4.69) is 4.99 Å². The number of aliphatic imine (C=N–C) groups is 1. The molecule has 0 aromatic heterocycles. The Morgan fingerprint density at radius 2 is 1.93 bits per heavy atom. The summed E-state index contributed by atoms with van der Waals surface area (Å²) in [6.45, 7) is 10.2. The standard InChI is InChI=1S/C9H16N2O2.C2H6/c1-4-11-6-8(7(3)10)9(12)13-5-2;1-2/h6H,4-5,10H2,1-3H3;1-2H3/b8-7+,11-6?;. The Kier molecular flexibility index (Phi) is 11.6. The number of hydrogen-bond acceptors (Lipinski definition) is 4. The highest BCUT2D eigenvalue weighted by Gasteiger charge is 2.09. The molecule has 0 bridgehead atoms. The maximum Gasteiger partial charge on any atom is 0.341 e. The lowest BCUT2D eigenvalue weighted by Crippen LogP contribution is -2.13. The third-order valence-corrected chi connectivity index (χ3v) is 1.32. The number of nitrogens with zero attached hydrogens (tertiary/aromatic N) is 1. The van der Waals surface area contributed by atoms with Crippen molar-refractivity contribution in [3.05, 3.63) is 11.3 Å². The molecule has 0 aromatic rings. The van der Waals surface area contributed by atoms with Crippen LogP contribution in [0.25, 0.3) is 0 Å². The molecule has 0 rings (SSSR count). The maximum absolute atomic E-state index is 11.2. The molecule has 0 heterocycles. The number of nitrogens with two attached hydrogens (primary N) is 1. The van der Waals surface area contributed by atoms with Gasteiger partial charge in [-0.15, -0.1) is 0 Å². The molecule has 0 fully saturated rings. The topological polar surface area (TPSA) is 64.7 Å². The molecule has 0 unspecified atom stereocenters. The summed E-state index contributed by atoms with van der Waals surface area (Å²) in [6, 6.07) is 0. The number of esters is 1. The van der Waals surface area contributed by atoms with Gasteiger partial charge in [-0.05, 0) is 20.8 Å². The van der Waals surface area contributed by atoms with E-state index in [0.29, 0.717) is 24.4 Å². The molecule has 0 aliphatic carbocycles. The van der Waals surface area contributed by atoms with Gasteiger partial charge in [0.2, 0.25) is 0 Å². The maximum atomic E-state index is 11.2. The number of carbonyl (C=O) groups is 1. The molecule has 88 valence electrons. The van der Waals surface area contributed by atoms with E-state index in [1.807, 2.05) is 20.8 Å². The minimum absolute atomic E-state index is 0.337. The van der Waals surface area contributed by atoms with E-state index >= 15 is 0 Å². The molecule has 4 heteroatoms. The fourth-order valence-electron chi connectivity index (χ4n) is 0.707. The van der Waals surface area contributed by atoms with Crippen molar-refractivity contribution in [2.75, 3.05) is 13.2 Å².